The number of hydrogen-bond donors (Lipinski definition) is 2. The summed E-state index contributed by atoms with van der Waals surface area (Å²) in [6.07, 6.45) is 8.31. The van der Waals surface area contributed by atoms with Crippen molar-refractivity contribution in [3.05, 3.63) is 70.9 Å². The van der Waals surface area contributed by atoms with Crippen molar-refractivity contribution in [1.29, 1.82) is 0 Å². The molecule has 0 saturated carbocycles. The van der Waals surface area contributed by atoms with Gasteiger partial charge in [0.25, 0.3) is 5.56 Å². The molecule has 1 aliphatic rings. The third-order valence-electron chi connectivity index (χ3n) is 5.11. The van der Waals surface area contributed by atoms with E-state index in [-0.39, 0.29) is 11.6 Å². The monoisotopic (exact) mass is 362 g/mol. The molecule has 138 valence electrons. The number of aromatic amines is 1. The number of carbonyl (C=O) groups is 1. The molecule has 1 fully saturated rings. The Morgan fingerprint density at radius 1 is 1.22 bits per heavy atom. The number of nitrogens with one attached hydrogen (secondary N) is 2. The highest BCUT2D eigenvalue weighted by Gasteiger charge is 2.24. The van der Waals surface area contributed by atoms with Crippen LogP contribution in [-0.2, 0) is 6.42 Å². The van der Waals surface area contributed by atoms with E-state index in [0.717, 1.165) is 37.7 Å². The molecule has 2 N–H and O–H groups in total. The second kappa shape index (κ2) is 7.61. The van der Waals surface area contributed by atoms with Gasteiger partial charge >= 0.3 is 6.03 Å². The summed E-state index contributed by atoms with van der Waals surface area (Å²) in [6, 6.07) is 11.1. The number of pyridine rings is 2. The molecule has 6 heteroatoms. The van der Waals surface area contributed by atoms with Gasteiger partial charge in [-0.3, -0.25) is 9.78 Å². The van der Waals surface area contributed by atoms with Crippen LogP contribution < -0.4 is 10.9 Å². The SMILES string of the molecule is O=C(Nc1cccc2c(=O)[nH]ccc12)N1CCCC(Cc2cccnc2)C1. The van der Waals surface area contributed by atoms with Gasteiger partial charge < -0.3 is 15.2 Å². The number of fused-ring (bicyclic) bond motifs is 1. The molecule has 1 aliphatic heterocycles. The van der Waals surface area contributed by atoms with E-state index >= 15 is 0 Å². The molecule has 2 amide bonds. The summed E-state index contributed by atoms with van der Waals surface area (Å²) in [5.41, 5.74) is 1.72. The van der Waals surface area contributed by atoms with Crippen molar-refractivity contribution in [1.82, 2.24) is 14.9 Å². The zero-order chi connectivity index (χ0) is 18.6. The molecule has 1 aromatic carbocycles. The number of anilines is 1. The Morgan fingerprint density at radius 3 is 3.00 bits per heavy atom. The summed E-state index contributed by atoms with van der Waals surface area (Å²) < 4.78 is 0. The van der Waals surface area contributed by atoms with Crippen LogP contribution >= 0.6 is 0 Å². The normalized spacial score (nSPS) is 17.0. The number of carbonyl (C=O) groups excluding carboxylic acids is 1. The molecule has 27 heavy (non-hydrogen) atoms. The van der Waals surface area contributed by atoms with Crippen LogP contribution in [0.15, 0.2) is 59.8 Å². The largest absolute Gasteiger partial charge is 0.329 e. The number of amides is 2. The first-order chi connectivity index (χ1) is 13.2. The smallest absolute Gasteiger partial charge is 0.321 e. The maximum absolute atomic E-state index is 12.8. The summed E-state index contributed by atoms with van der Waals surface area (Å²) in [5, 5.41) is 4.31. The van der Waals surface area contributed by atoms with E-state index < -0.39 is 0 Å². The number of urea groups is 1. The van der Waals surface area contributed by atoms with Crippen LogP contribution in [0.1, 0.15) is 18.4 Å². The van der Waals surface area contributed by atoms with Crippen molar-refractivity contribution >= 4 is 22.5 Å². The maximum atomic E-state index is 12.8. The van der Waals surface area contributed by atoms with Gasteiger partial charge in [-0.15, -0.1) is 0 Å². The van der Waals surface area contributed by atoms with Crippen LogP contribution in [0, 0.1) is 5.92 Å². The number of aromatic nitrogens is 2. The fourth-order valence-electron chi connectivity index (χ4n) is 3.79. The van der Waals surface area contributed by atoms with Crippen LogP contribution in [0.3, 0.4) is 0 Å². The molecule has 3 heterocycles. The predicted octanol–water partition coefficient (Wildman–Crippen LogP) is 3.41. The second-order valence-corrected chi connectivity index (χ2v) is 7.02. The van der Waals surface area contributed by atoms with E-state index in [4.69, 9.17) is 0 Å². The van der Waals surface area contributed by atoms with Gasteiger partial charge in [-0.1, -0.05) is 12.1 Å². The second-order valence-electron chi connectivity index (χ2n) is 7.02. The number of likely N-dealkylation sites (tertiary alicyclic amines) is 1. The van der Waals surface area contributed by atoms with Gasteiger partial charge in [-0.25, -0.2) is 4.79 Å². The number of hydrogen-bond acceptors (Lipinski definition) is 3. The van der Waals surface area contributed by atoms with Crippen molar-refractivity contribution in [2.24, 2.45) is 5.92 Å². The lowest BCUT2D eigenvalue weighted by atomic mass is 9.92. The molecule has 3 aromatic rings. The first-order valence-electron chi connectivity index (χ1n) is 9.26. The average Bonchev–Trinajstić information content (AvgIpc) is 2.70. The van der Waals surface area contributed by atoms with E-state index in [0.29, 0.717) is 17.0 Å². The third-order valence-corrected chi connectivity index (χ3v) is 5.11. The average molecular weight is 362 g/mol. The summed E-state index contributed by atoms with van der Waals surface area (Å²) in [5.74, 6) is 0.434. The minimum atomic E-state index is -0.155. The Labute approximate surface area is 157 Å². The number of nitrogens with zero attached hydrogens (tertiary/aromatic N) is 2. The van der Waals surface area contributed by atoms with Gasteiger partial charge in [0.05, 0.1) is 5.69 Å². The molecule has 4 rings (SSSR count). The molecule has 0 radical (unpaired) electrons. The molecule has 0 spiro atoms. The van der Waals surface area contributed by atoms with E-state index in [1.165, 1.54) is 5.56 Å². The van der Waals surface area contributed by atoms with Crippen LogP contribution in [0.4, 0.5) is 10.5 Å². The van der Waals surface area contributed by atoms with Crippen LogP contribution in [-0.4, -0.2) is 34.0 Å². The van der Waals surface area contributed by atoms with Gasteiger partial charge in [-0.2, -0.15) is 0 Å². The summed E-state index contributed by atoms with van der Waals surface area (Å²) in [6.45, 7) is 1.48. The van der Waals surface area contributed by atoms with Crippen molar-refractivity contribution in [3.8, 4) is 0 Å². The zero-order valence-electron chi connectivity index (χ0n) is 15.0. The number of H-pyrrole nitrogens is 1. The van der Waals surface area contributed by atoms with Gasteiger partial charge in [0, 0.05) is 42.5 Å². The standard InChI is InChI=1S/C21H22N4O2/c26-20-18-6-1-7-19(17(18)8-10-23-20)24-21(27)25-11-3-5-16(14-25)12-15-4-2-9-22-13-15/h1-2,4,6-10,13,16H,3,5,11-12,14H2,(H,23,26)(H,24,27). The van der Waals surface area contributed by atoms with Crippen LogP contribution in [0.25, 0.3) is 10.8 Å². The Morgan fingerprint density at radius 2 is 2.15 bits per heavy atom. The molecular weight excluding hydrogens is 340 g/mol. The Kier molecular flexibility index (Phi) is 4.87. The predicted molar refractivity (Wildman–Crippen MR) is 106 cm³/mol. The minimum Gasteiger partial charge on any atom is -0.329 e. The third kappa shape index (κ3) is 3.84. The van der Waals surface area contributed by atoms with Crippen molar-refractivity contribution in [2.75, 3.05) is 18.4 Å². The van der Waals surface area contributed by atoms with E-state index in [1.54, 1.807) is 24.5 Å². The molecule has 1 saturated heterocycles. The first kappa shape index (κ1) is 17.3. The summed E-state index contributed by atoms with van der Waals surface area (Å²) in [4.78, 5) is 33.5. The zero-order valence-corrected chi connectivity index (χ0v) is 15.0. The van der Waals surface area contributed by atoms with Crippen LogP contribution in [0.2, 0.25) is 0 Å². The lowest BCUT2D eigenvalue weighted by Gasteiger charge is -2.33. The van der Waals surface area contributed by atoms with E-state index in [1.807, 2.05) is 29.3 Å². The summed E-state index contributed by atoms with van der Waals surface area (Å²) >= 11 is 0. The van der Waals surface area contributed by atoms with Gasteiger partial charge in [0.1, 0.15) is 0 Å². The fourth-order valence-corrected chi connectivity index (χ4v) is 3.79. The maximum Gasteiger partial charge on any atom is 0.321 e. The van der Waals surface area contributed by atoms with Crippen molar-refractivity contribution in [2.45, 2.75) is 19.3 Å². The highest BCUT2D eigenvalue weighted by atomic mass is 16.2. The molecule has 1 unspecified atom stereocenters. The first-order valence-corrected chi connectivity index (χ1v) is 9.26. The molecule has 0 aliphatic carbocycles. The Hall–Kier alpha value is -3.15. The lowest BCUT2D eigenvalue weighted by Crippen LogP contribution is -2.42. The quantitative estimate of drug-likeness (QED) is 0.749. The Balaban J connectivity index is 1.47. The molecule has 1 atom stereocenters. The molecular formula is C21H22N4O2. The van der Waals surface area contributed by atoms with E-state index in [2.05, 4.69) is 21.4 Å². The minimum absolute atomic E-state index is 0.112. The number of rotatable bonds is 3. The number of piperidine rings is 1. The van der Waals surface area contributed by atoms with Crippen molar-refractivity contribution in [3.63, 3.8) is 0 Å². The Bertz CT molecular complexity index is 1000. The van der Waals surface area contributed by atoms with Crippen LogP contribution in [0.5, 0.6) is 0 Å². The van der Waals surface area contributed by atoms with Gasteiger partial charge in [0.2, 0.25) is 0 Å². The molecule has 6 nitrogen and oxygen atoms in total. The fraction of sp³-hybridized carbons (Fsp3) is 0.286. The topological polar surface area (TPSA) is 78.1 Å². The number of benzene rings is 1. The lowest BCUT2D eigenvalue weighted by molar-refractivity contribution is 0.177. The molecule has 0 bridgehead atoms. The molecule has 2 aromatic heterocycles. The van der Waals surface area contributed by atoms with Gasteiger partial charge in [-0.05, 0) is 55.0 Å². The van der Waals surface area contributed by atoms with E-state index in [9.17, 15) is 9.59 Å². The highest BCUT2D eigenvalue weighted by molar-refractivity contribution is 6.01. The highest BCUT2D eigenvalue weighted by Crippen LogP contribution is 2.24. The van der Waals surface area contributed by atoms with Crippen molar-refractivity contribution < 1.29 is 4.79 Å². The van der Waals surface area contributed by atoms with Gasteiger partial charge in [0.15, 0.2) is 0 Å². The summed E-state index contributed by atoms with van der Waals surface area (Å²) in [7, 11) is 0.